The Morgan fingerprint density at radius 3 is 2.87 bits per heavy atom. The number of hydrogen-bond acceptors (Lipinski definition) is 6. The molecule has 1 aromatic carbocycles. The van der Waals surface area contributed by atoms with E-state index in [0.717, 1.165) is 12.8 Å². The first kappa shape index (κ1) is 16.1. The smallest absolute Gasteiger partial charge is 0.277 e. The van der Waals surface area contributed by atoms with E-state index in [-0.39, 0.29) is 17.8 Å². The monoisotopic (exact) mass is 353 g/mol. The SMILES string of the molecule is C[C@@H](Sc1nnc(COc2ccc(Cl)cc2)o1)C(=O)NC1CC1. The Labute approximate surface area is 142 Å². The highest BCUT2D eigenvalue weighted by atomic mass is 35.5. The molecule has 1 amide bonds. The molecule has 1 N–H and O–H groups in total. The van der Waals surface area contributed by atoms with Gasteiger partial charge in [0.15, 0.2) is 6.61 Å². The third-order valence-corrected chi connectivity index (χ3v) is 4.38. The molecule has 1 atom stereocenters. The van der Waals surface area contributed by atoms with Gasteiger partial charge in [0.05, 0.1) is 5.25 Å². The van der Waals surface area contributed by atoms with Gasteiger partial charge in [0.25, 0.3) is 11.1 Å². The quantitative estimate of drug-likeness (QED) is 0.771. The summed E-state index contributed by atoms with van der Waals surface area (Å²) >= 11 is 7.05. The Bertz CT molecular complexity index is 673. The van der Waals surface area contributed by atoms with Gasteiger partial charge in [0.1, 0.15) is 5.75 Å². The summed E-state index contributed by atoms with van der Waals surface area (Å²) in [6.07, 6.45) is 2.13. The van der Waals surface area contributed by atoms with Gasteiger partial charge in [0.2, 0.25) is 5.91 Å². The van der Waals surface area contributed by atoms with Crippen LogP contribution in [0.3, 0.4) is 0 Å². The number of carbonyl (C=O) groups excluding carboxylic acids is 1. The van der Waals surface area contributed by atoms with Crippen LogP contribution in [0.1, 0.15) is 25.7 Å². The van der Waals surface area contributed by atoms with Crippen LogP contribution >= 0.6 is 23.4 Å². The van der Waals surface area contributed by atoms with Crippen molar-refractivity contribution in [3.63, 3.8) is 0 Å². The lowest BCUT2D eigenvalue weighted by Crippen LogP contribution is -2.32. The molecule has 0 radical (unpaired) electrons. The number of carbonyl (C=O) groups is 1. The lowest BCUT2D eigenvalue weighted by molar-refractivity contribution is -0.120. The second-order valence-electron chi connectivity index (χ2n) is 5.25. The van der Waals surface area contributed by atoms with E-state index in [1.165, 1.54) is 11.8 Å². The normalized spacial score (nSPS) is 15.2. The molecule has 122 valence electrons. The van der Waals surface area contributed by atoms with Crippen molar-refractivity contribution in [2.75, 3.05) is 0 Å². The Balaban J connectivity index is 1.49. The average molecular weight is 354 g/mol. The molecule has 0 saturated heterocycles. The maximum absolute atomic E-state index is 11.9. The summed E-state index contributed by atoms with van der Waals surface area (Å²) in [4.78, 5) is 11.9. The standard InChI is InChI=1S/C15H16ClN3O3S/c1-9(14(20)17-11-4-5-11)23-15-19-18-13(22-15)8-21-12-6-2-10(16)3-7-12/h2-3,6-7,9,11H,4-5,8H2,1H3,(H,17,20)/t9-/m1/s1. The molecule has 1 saturated carbocycles. The average Bonchev–Trinajstić information content (AvgIpc) is 3.24. The highest BCUT2D eigenvalue weighted by Gasteiger charge is 2.26. The fraction of sp³-hybridized carbons (Fsp3) is 0.400. The van der Waals surface area contributed by atoms with Crippen molar-refractivity contribution in [2.45, 2.75) is 42.9 Å². The van der Waals surface area contributed by atoms with Gasteiger partial charge in [-0.3, -0.25) is 4.79 Å². The zero-order chi connectivity index (χ0) is 16.2. The third-order valence-electron chi connectivity index (χ3n) is 3.19. The molecule has 1 aliphatic rings. The number of amides is 1. The van der Waals surface area contributed by atoms with E-state index in [2.05, 4.69) is 15.5 Å². The van der Waals surface area contributed by atoms with Crippen molar-refractivity contribution in [1.29, 1.82) is 0 Å². The van der Waals surface area contributed by atoms with E-state index in [9.17, 15) is 4.79 Å². The number of thioether (sulfide) groups is 1. The van der Waals surface area contributed by atoms with Gasteiger partial charge >= 0.3 is 0 Å². The number of nitrogens with one attached hydrogen (secondary N) is 1. The van der Waals surface area contributed by atoms with Crippen molar-refractivity contribution < 1.29 is 13.9 Å². The number of hydrogen-bond donors (Lipinski definition) is 1. The molecular weight excluding hydrogens is 338 g/mol. The number of benzene rings is 1. The van der Waals surface area contributed by atoms with Gasteiger partial charge in [0, 0.05) is 11.1 Å². The lowest BCUT2D eigenvalue weighted by atomic mass is 10.3. The van der Waals surface area contributed by atoms with Crippen LogP contribution in [-0.4, -0.2) is 27.4 Å². The number of halogens is 1. The highest BCUT2D eigenvalue weighted by Crippen LogP contribution is 2.25. The molecule has 0 bridgehead atoms. The van der Waals surface area contributed by atoms with Crippen molar-refractivity contribution in [3.8, 4) is 5.75 Å². The van der Waals surface area contributed by atoms with E-state index >= 15 is 0 Å². The number of ether oxygens (including phenoxy) is 1. The number of rotatable bonds is 7. The molecule has 2 aromatic rings. The minimum atomic E-state index is -0.277. The molecule has 23 heavy (non-hydrogen) atoms. The molecule has 8 heteroatoms. The van der Waals surface area contributed by atoms with Crippen molar-refractivity contribution in [2.24, 2.45) is 0 Å². The summed E-state index contributed by atoms with van der Waals surface area (Å²) in [5, 5.41) is 11.5. The van der Waals surface area contributed by atoms with E-state index in [1.807, 2.05) is 6.92 Å². The molecule has 1 fully saturated rings. The van der Waals surface area contributed by atoms with Gasteiger partial charge < -0.3 is 14.5 Å². The van der Waals surface area contributed by atoms with Crippen molar-refractivity contribution in [1.82, 2.24) is 15.5 Å². The summed E-state index contributed by atoms with van der Waals surface area (Å²) in [5.41, 5.74) is 0. The second kappa shape index (κ2) is 7.23. The van der Waals surface area contributed by atoms with Gasteiger partial charge in [-0.15, -0.1) is 10.2 Å². The Hall–Kier alpha value is -1.73. The zero-order valence-corrected chi connectivity index (χ0v) is 14.1. The lowest BCUT2D eigenvalue weighted by Gasteiger charge is -2.08. The third kappa shape index (κ3) is 4.87. The topological polar surface area (TPSA) is 77.2 Å². The molecular formula is C15H16ClN3O3S. The zero-order valence-electron chi connectivity index (χ0n) is 12.5. The Morgan fingerprint density at radius 1 is 1.43 bits per heavy atom. The first-order valence-electron chi connectivity index (χ1n) is 7.28. The highest BCUT2D eigenvalue weighted by molar-refractivity contribution is 8.00. The van der Waals surface area contributed by atoms with Crippen LogP contribution in [0.15, 0.2) is 33.9 Å². The Kier molecular flexibility index (Phi) is 5.07. The molecule has 1 aliphatic carbocycles. The van der Waals surface area contributed by atoms with Crippen molar-refractivity contribution in [3.05, 3.63) is 35.2 Å². The second-order valence-corrected chi connectivity index (χ2v) is 6.98. The van der Waals surface area contributed by atoms with E-state index in [4.69, 9.17) is 20.8 Å². The predicted octanol–water partition coefficient (Wildman–Crippen LogP) is 3.06. The number of aromatic nitrogens is 2. The van der Waals surface area contributed by atoms with Crippen LogP contribution in [0.5, 0.6) is 5.75 Å². The molecule has 1 aromatic heterocycles. The summed E-state index contributed by atoms with van der Waals surface area (Å²) in [6.45, 7) is 1.98. The van der Waals surface area contributed by atoms with Crippen LogP contribution in [0.25, 0.3) is 0 Å². The molecule has 6 nitrogen and oxygen atoms in total. The van der Waals surface area contributed by atoms with E-state index in [0.29, 0.717) is 27.9 Å². The summed E-state index contributed by atoms with van der Waals surface area (Å²) in [5.74, 6) is 1.02. The maximum atomic E-state index is 11.9. The summed E-state index contributed by atoms with van der Waals surface area (Å²) in [7, 11) is 0. The first-order valence-corrected chi connectivity index (χ1v) is 8.53. The fourth-order valence-corrected chi connectivity index (χ4v) is 2.61. The van der Waals surface area contributed by atoms with E-state index < -0.39 is 0 Å². The number of nitrogens with zero attached hydrogens (tertiary/aromatic N) is 2. The predicted molar refractivity (Wildman–Crippen MR) is 86.6 cm³/mol. The van der Waals surface area contributed by atoms with Crippen LogP contribution in [0.4, 0.5) is 0 Å². The van der Waals surface area contributed by atoms with Crippen LogP contribution in [-0.2, 0) is 11.4 Å². The minimum Gasteiger partial charge on any atom is -0.484 e. The molecule has 0 aliphatic heterocycles. The molecule has 0 unspecified atom stereocenters. The Morgan fingerprint density at radius 2 is 2.17 bits per heavy atom. The van der Waals surface area contributed by atoms with Gasteiger partial charge in [-0.2, -0.15) is 0 Å². The fourth-order valence-electron chi connectivity index (χ4n) is 1.77. The van der Waals surface area contributed by atoms with Crippen LogP contribution in [0.2, 0.25) is 5.02 Å². The summed E-state index contributed by atoms with van der Waals surface area (Å²) in [6, 6.07) is 7.35. The largest absolute Gasteiger partial charge is 0.484 e. The minimum absolute atomic E-state index is 0.00494. The molecule has 3 rings (SSSR count). The van der Waals surface area contributed by atoms with Gasteiger partial charge in [-0.1, -0.05) is 23.4 Å². The van der Waals surface area contributed by atoms with Gasteiger partial charge in [-0.25, -0.2) is 0 Å². The van der Waals surface area contributed by atoms with E-state index in [1.54, 1.807) is 24.3 Å². The van der Waals surface area contributed by atoms with Crippen LogP contribution < -0.4 is 10.1 Å². The van der Waals surface area contributed by atoms with Crippen LogP contribution in [0, 0.1) is 0 Å². The molecule has 0 spiro atoms. The molecule has 1 heterocycles. The first-order chi connectivity index (χ1) is 11.1. The van der Waals surface area contributed by atoms with Crippen molar-refractivity contribution >= 4 is 29.3 Å². The van der Waals surface area contributed by atoms with Gasteiger partial charge in [-0.05, 0) is 44.0 Å². The maximum Gasteiger partial charge on any atom is 0.277 e. The summed E-state index contributed by atoms with van der Waals surface area (Å²) < 4.78 is 11.0.